The Morgan fingerprint density at radius 3 is 2.55 bits per heavy atom. The molecule has 11 heavy (non-hydrogen) atoms. The van der Waals surface area contributed by atoms with Crippen molar-refractivity contribution in [3.05, 3.63) is 0 Å². The molecule has 3 heteroatoms. The number of nitrogens with zero attached hydrogens (tertiary/aromatic N) is 1. The van der Waals surface area contributed by atoms with Crippen LogP contribution < -0.4 is 5.73 Å². The van der Waals surface area contributed by atoms with E-state index < -0.39 is 0 Å². The lowest BCUT2D eigenvalue weighted by atomic mass is 10.2. The van der Waals surface area contributed by atoms with Gasteiger partial charge in [-0.25, -0.2) is 0 Å². The minimum atomic E-state index is 0.254. The molecule has 0 spiro atoms. The van der Waals surface area contributed by atoms with Crippen molar-refractivity contribution < 1.29 is 0 Å². The zero-order chi connectivity index (χ0) is 8.69. The summed E-state index contributed by atoms with van der Waals surface area (Å²) in [5.41, 5.74) is 5.24. The molecule has 0 amide bonds. The van der Waals surface area contributed by atoms with Crippen molar-refractivity contribution in [2.24, 2.45) is 5.73 Å². The van der Waals surface area contributed by atoms with Gasteiger partial charge in [0, 0.05) is 0 Å². The molecule has 0 aliphatic carbocycles. The third-order valence-electron chi connectivity index (χ3n) is 1.58. The Balaban J connectivity index is 3.22. The minimum Gasteiger partial charge on any atom is -0.387 e. The van der Waals surface area contributed by atoms with E-state index in [9.17, 15) is 0 Å². The number of likely N-dealkylation sites (N-methyl/N-ethyl adjacent to an activating group) is 1. The number of hydrogen-bond acceptors (Lipinski definition) is 2. The van der Waals surface area contributed by atoms with Crippen LogP contribution in [0.1, 0.15) is 26.2 Å². The predicted octanol–water partition coefficient (Wildman–Crippen LogP) is 1.04. The molecule has 0 saturated carbocycles. The zero-order valence-electron chi connectivity index (χ0n) is 7.56. The molecule has 0 aromatic carbocycles. The molecule has 3 N–H and O–H groups in total. The summed E-state index contributed by atoms with van der Waals surface area (Å²) in [4.78, 5) is 2.08. The van der Waals surface area contributed by atoms with Gasteiger partial charge in [0.1, 0.15) is 5.84 Å². The van der Waals surface area contributed by atoms with Crippen LogP contribution in [-0.4, -0.2) is 30.9 Å². The number of rotatable bonds is 6. The van der Waals surface area contributed by atoms with Crippen molar-refractivity contribution in [1.29, 1.82) is 5.41 Å². The summed E-state index contributed by atoms with van der Waals surface area (Å²) in [7, 11) is 2.00. The van der Waals surface area contributed by atoms with Gasteiger partial charge in [0.25, 0.3) is 0 Å². The Kier molecular flexibility index (Phi) is 5.84. The van der Waals surface area contributed by atoms with Gasteiger partial charge in [0.15, 0.2) is 0 Å². The summed E-state index contributed by atoms with van der Waals surface area (Å²) < 4.78 is 0. The van der Waals surface area contributed by atoms with Gasteiger partial charge >= 0.3 is 0 Å². The molecule has 0 unspecified atom stereocenters. The smallest absolute Gasteiger partial charge is 0.105 e. The highest BCUT2D eigenvalue weighted by Gasteiger charge is 1.97. The van der Waals surface area contributed by atoms with Crippen LogP contribution >= 0.6 is 0 Å². The lowest BCUT2D eigenvalue weighted by Gasteiger charge is -2.14. The molecular formula is C8H19N3. The second-order valence-electron chi connectivity index (χ2n) is 2.97. The highest BCUT2D eigenvalue weighted by atomic mass is 15.1. The fourth-order valence-corrected chi connectivity index (χ4v) is 1.00. The quantitative estimate of drug-likeness (QED) is 0.344. The van der Waals surface area contributed by atoms with E-state index in [2.05, 4.69) is 11.8 Å². The number of hydrogen-bond donors (Lipinski definition) is 2. The van der Waals surface area contributed by atoms with Crippen LogP contribution in [0.15, 0.2) is 0 Å². The standard InChI is InChI=1S/C8H19N3/c1-3-4-5-6-11(2)7-8(9)10/h3-7H2,1-2H3,(H3,9,10). The van der Waals surface area contributed by atoms with Gasteiger partial charge in [0.05, 0.1) is 6.54 Å². The Labute approximate surface area is 69.1 Å². The van der Waals surface area contributed by atoms with Crippen LogP contribution in [0.5, 0.6) is 0 Å². The average molecular weight is 157 g/mol. The molecule has 0 saturated heterocycles. The maximum Gasteiger partial charge on any atom is 0.105 e. The first-order valence-electron chi connectivity index (χ1n) is 4.18. The number of nitrogens with two attached hydrogens (primary N) is 1. The molecule has 3 nitrogen and oxygen atoms in total. The molecule has 0 aromatic rings. The van der Waals surface area contributed by atoms with Gasteiger partial charge in [-0.1, -0.05) is 19.8 Å². The maximum atomic E-state index is 7.04. The number of amidine groups is 1. The first-order valence-corrected chi connectivity index (χ1v) is 4.18. The summed E-state index contributed by atoms with van der Waals surface area (Å²) in [5, 5.41) is 7.04. The van der Waals surface area contributed by atoms with Crippen LogP contribution in [0.2, 0.25) is 0 Å². The third-order valence-corrected chi connectivity index (χ3v) is 1.58. The normalized spacial score (nSPS) is 10.5. The van der Waals surface area contributed by atoms with E-state index in [4.69, 9.17) is 11.1 Å². The molecule has 0 aliphatic heterocycles. The van der Waals surface area contributed by atoms with Gasteiger partial charge in [-0.2, -0.15) is 0 Å². The van der Waals surface area contributed by atoms with Crippen LogP contribution in [0.3, 0.4) is 0 Å². The average Bonchev–Trinajstić information content (AvgIpc) is 1.86. The van der Waals surface area contributed by atoms with E-state index in [0.29, 0.717) is 6.54 Å². The summed E-state index contributed by atoms with van der Waals surface area (Å²) in [5.74, 6) is 0.254. The van der Waals surface area contributed by atoms with Crippen LogP contribution in [0.25, 0.3) is 0 Å². The highest BCUT2D eigenvalue weighted by molar-refractivity contribution is 5.78. The fourth-order valence-electron chi connectivity index (χ4n) is 1.00. The van der Waals surface area contributed by atoms with Crippen molar-refractivity contribution in [3.8, 4) is 0 Å². The summed E-state index contributed by atoms with van der Waals surface area (Å²) in [6.45, 7) is 3.84. The van der Waals surface area contributed by atoms with E-state index in [-0.39, 0.29) is 5.84 Å². The third kappa shape index (κ3) is 7.33. The van der Waals surface area contributed by atoms with Crippen LogP contribution in [-0.2, 0) is 0 Å². The summed E-state index contributed by atoms with van der Waals surface area (Å²) in [6, 6.07) is 0. The SMILES string of the molecule is CCCCCN(C)CC(=N)N. The second-order valence-corrected chi connectivity index (χ2v) is 2.97. The molecule has 0 radical (unpaired) electrons. The monoisotopic (exact) mass is 157 g/mol. The molecule has 0 atom stereocenters. The van der Waals surface area contributed by atoms with Crippen molar-refractivity contribution in [2.75, 3.05) is 20.1 Å². The zero-order valence-corrected chi connectivity index (χ0v) is 7.56. The lowest BCUT2D eigenvalue weighted by Crippen LogP contribution is -2.30. The topological polar surface area (TPSA) is 53.1 Å². The largest absolute Gasteiger partial charge is 0.387 e. The van der Waals surface area contributed by atoms with Crippen LogP contribution in [0.4, 0.5) is 0 Å². The molecule has 66 valence electrons. The van der Waals surface area contributed by atoms with E-state index in [1.807, 2.05) is 7.05 Å². The second kappa shape index (κ2) is 6.16. The predicted molar refractivity (Wildman–Crippen MR) is 48.9 cm³/mol. The Morgan fingerprint density at radius 2 is 2.09 bits per heavy atom. The fraction of sp³-hybridized carbons (Fsp3) is 0.875. The van der Waals surface area contributed by atoms with E-state index in [1.165, 1.54) is 19.3 Å². The molecule has 0 aliphatic rings. The molecule has 0 bridgehead atoms. The Hall–Kier alpha value is -0.570. The van der Waals surface area contributed by atoms with E-state index in [0.717, 1.165) is 6.54 Å². The van der Waals surface area contributed by atoms with Gasteiger partial charge in [-0.3, -0.25) is 10.3 Å². The van der Waals surface area contributed by atoms with Crippen molar-refractivity contribution in [2.45, 2.75) is 26.2 Å². The molecule has 0 fully saturated rings. The van der Waals surface area contributed by atoms with Crippen molar-refractivity contribution in [1.82, 2.24) is 4.90 Å². The van der Waals surface area contributed by atoms with Gasteiger partial charge < -0.3 is 5.73 Å². The highest BCUT2D eigenvalue weighted by Crippen LogP contribution is 1.95. The van der Waals surface area contributed by atoms with Crippen molar-refractivity contribution >= 4 is 5.84 Å². The maximum absolute atomic E-state index is 7.04. The lowest BCUT2D eigenvalue weighted by molar-refractivity contribution is 0.367. The number of unbranched alkanes of at least 4 members (excludes halogenated alkanes) is 2. The van der Waals surface area contributed by atoms with E-state index in [1.54, 1.807) is 0 Å². The van der Waals surface area contributed by atoms with Gasteiger partial charge in [0.2, 0.25) is 0 Å². The van der Waals surface area contributed by atoms with Crippen LogP contribution in [0, 0.1) is 5.41 Å². The first kappa shape index (κ1) is 10.4. The first-order chi connectivity index (χ1) is 5.16. The summed E-state index contributed by atoms with van der Waals surface area (Å²) in [6.07, 6.45) is 3.72. The molecular weight excluding hydrogens is 138 g/mol. The molecule has 0 rings (SSSR count). The van der Waals surface area contributed by atoms with Gasteiger partial charge in [-0.05, 0) is 20.0 Å². The Bertz CT molecular complexity index is 112. The number of nitrogens with one attached hydrogen (secondary N) is 1. The molecule has 0 heterocycles. The summed E-state index contributed by atoms with van der Waals surface area (Å²) >= 11 is 0. The molecule has 0 aromatic heterocycles. The Morgan fingerprint density at radius 1 is 1.45 bits per heavy atom. The van der Waals surface area contributed by atoms with Crippen molar-refractivity contribution in [3.63, 3.8) is 0 Å². The van der Waals surface area contributed by atoms with Gasteiger partial charge in [-0.15, -0.1) is 0 Å². The van der Waals surface area contributed by atoms with E-state index >= 15 is 0 Å². The minimum absolute atomic E-state index is 0.254.